The molecule has 94 valence electrons. The number of carbonyl (C=O) groups excluding carboxylic acids is 1. The summed E-state index contributed by atoms with van der Waals surface area (Å²) in [6.45, 7) is 0. The Morgan fingerprint density at radius 1 is 1.28 bits per heavy atom. The largest absolute Gasteiger partial charge is 0.330 e. The minimum absolute atomic E-state index is 0.166. The molecular weight excluding hydrogens is 247 g/mol. The molecule has 0 aliphatic heterocycles. The first-order chi connectivity index (χ1) is 8.50. The van der Waals surface area contributed by atoms with Gasteiger partial charge in [-0.3, -0.25) is 4.79 Å². The molecule has 0 aliphatic rings. The summed E-state index contributed by atoms with van der Waals surface area (Å²) in [7, 11) is 1.57. The lowest BCUT2D eigenvalue weighted by atomic mass is 10.2. The zero-order chi connectivity index (χ0) is 13.3. The van der Waals surface area contributed by atoms with E-state index >= 15 is 0 Å². The molecule has 0 radical (unpaired) electrons. The van der Waals surface area contributed by atoms with Gasteiger partial charge in [-0.2, -0.15) is 0 Å². The number of hydrogen-bond acceptors (Lipinski definition) is 2. The Morgan fingerprint density at radius 3 is 2.61 bits per heavy atom. The number of benzene rings is 1. The average Bonchev–Trinajstić information content (AvgIpc) is 2.76. The Balaban J connectivity index is 2.28. The molecule has 0 atom stereocenters. The number of halogens is 3. The molecule has 1 N–H and O–H groups in total. The fraction of sp³-hybridized carbons (Fsp3) is 0.0909. The summed E-state index contributed by atoms with van der Waals surface area (Å²) in [5, 5.41) is 2.14. The number of anilines is 1. The average molecular weight is 255 g/mol. The monoisotopic (exact) mass is 255 g/mol. The Kier molecular flexibility index (Phi) is 3.05. The summed E-state index contributed by atoms with van der Waals surface area (Å²) < 4.78 is 40.4. The maximum atomic E-state index is 13.3. The van der Waals surface area contributed by atoms with E-state index in [9.17, 15) is 18.0 Å². The number of nitrogens with one attached hydrogen (secondary N) is 1. The summed E-state index contributed by atoms with van der Waals surface area (Å²) in [4.78, 5) is 15.4. The summed E-state index contributed by atoms with van der Waals surface area (Å²) in [5.74, 6) is -5.05. The molecular formula is C11H8F3N3O. The number of rotatable bonds is 2. The number of amides is 1. The number of aryl methyl sites for hydroxylation is 1. The lowest BCUT2D eigenvalue weighted by Crippen LogP contribution is -2.16. The molecule has 18 heavy (non-hydrogen) atoms. The van der Waals surface area contributed by atoms with Crippen LogP contribution < -0.4 is 5.32 Å². The summed E-state index contributed by atoms with van der Waals surface area (Å²) in [6, 6.07) is 1.68. The Hall–Kier alpha value is -2.31. The molecule has 0 spiro atoms. The van der Waals surface area contributed by atoms with Crippen LogP contribution in [0.15, 0.2) is 24.7 Å². The first-order valence-corrected chi connectivity index (χ1v) is 4.92. The first kappa shape index (κ1) is 12.2. The van der Waals surface area contributed by atoms with Gasteiger partial charge in [0.15, 0.2) is 17.5 Å². The van der Waals surface area contributed by atoms with Crippen molar-refractivity contribution in [3.05, 3.63) is 47.8 Å². The van der Waals surface area contributed by atoms with Gasteiger partial charge < -0.3 is 9.88 Å². The van der Waals surface area contributed by atoms with Crippen molar-refractivity contribution in [3.8, 4) is 0 Å². The molecule has 1 heterocycles. The Bertz CT molecular complexity index is 610. The van der Waals surface area contributed by atoms with Crippen LogP contribution in [0, 0.1) is 17.5 Å². The number of carbonyl (C=O) groups is 1. The van der Waals surface area contributed by atoms with Crippen LogP contribution in [0.25, 0.3) is 0 Å². The SMILES string of the molecule is Cn1cncc1C(=O)Nc1ccc(F)c(F)c1F. The summed E-state index contributed by atoms with van der Waals surface area (Å²) >= 11 is 0. The second-order valence-corrected chi connectivity index (χ2v) is 3.57. The van der Waals surface area contributed by atoms with E-state index in [1.165, 1.54) is 17.1 Å². The molecule has 7 heteroatoms. The van der Waals surface area contributed by atoms with Crippen LogP contribution in [0.3, 0.4) is 0 Å². The minimum Gasteiger partial charge on any atom is -0.330 e. The Morgan fingerprint density at radius 2 is 2.00 bits per heavy atom. The van der Waals surface area contributed by atoms with Crippen LogP contribution in [-0.2, 0) is 7.05 Å². The number of nitrogens with zero attached hydrogens (tertiary/aromatic N) is 2. The van der Waals surface area contributed by atoms with E-state index in [0.29, 0.717) is 0 Å². The van der Waals surface area contributed by atoms with Gasteiger partial charge in [0, 0.05) is 7.05 Å². The molecule has 4 nitrogen and oxygen atoms in total. The van der Waals surface area contributed by atoms with E-state index < -0.39 is 29.0 Å². The summed E-state index contributed by atoms with van der Waals surface area (Å²) in [5.41, 5.74) is -0.265. The maximum Gasteiger partial charge on any atom is 0.274 e. The van der Waals surface area contributed by atoms with Crippen LogP contribution >= 0.6 is 0 Å². The molecule has 0 fully saturated rings. The van der Waals surface area contributed by atoms with Gasteiger partial charge in [-0.15, -0.1) is 0 Å². The predicted octanol–water partition coefficient (Wildman–Crippen LogP) is 2.09. The number of hydrogen-bond donors (Lipinski definition) is 1. The van der Waals surface area contributed by atoms with Crippen LogP contribution in [-0.4, -0.2) is 15.5 Å². The zero-order valence-corrected chi connectivity index (χ0v) is 9.25. The quantitative estimate of drug-likeness (QED) is 0.835. The van der Waals surface area contributed by atoms with Crippen molar-refractivity contribution in [1.82, 2.24) is 9.55 Å². The van der Waals surface area contributed by atoms with Gasteiger partial charge in [-0.25, -0.2) is 18.2 Å². The predicted molar refractivity (Wildman–Crippen MR) is 57.5 cm³/mol. The van der Waals surface area contributed by atoms with E-state index in [0.717, 1.165) is 12.1 Å². The van der Waals surface area contributed by atoms with E-state index in [2.05, 4.69) is 10.3 Å². The van der Waals surface area contributed by atoms with Gasteiger partial charge in [0.25, 0.3) is 5.91 Å². The van der Waals surface area contributed by atoms with Crippen LogP contribution in [0.1, 0.15) is 10.5 Å². The molecule has 0 bridgehead atoms. The minimum atomic E-state index is -1.63. The highest BCUT2D eigenvalue weighted by Crippen LogP contribution is 2.20. The lowest BCUT2D eigenvalue weighted by Gasteiger charge is -2.07. The highest BCUT2D eigenvalue weighted by atomic mass is 19.2. The molecule has 0 saturated carbocycles. The molecule has 0 saturated heterocycles. The van der Waals surface area contributed by atoms with Crippen molar-refractivity contribution in [2.24, 2.45) is 7.05 Å². The third-order valence-corrected chi connectivity index (χ3v) is 2.33. The fourth-order valence-electron chi connectivity index (χ4n) is 1.38. The third kappa shape index (κ3) is 2.06. The van der Waals surface area contributed by atoms with E-state index in [1.807, 2.05) is 0 Å². The van der Waals surface area contributed by atoms with Crippen LogP contribution in [0.2, 0.25) is 0 Å². The van der Waals surface area contributed by atoms with Crippen LogP contribution in [0.5, 0.6) is 0 Å². The molecule has 1 aromatic heterocycles. The second-order valence-electron chi connectivity index (χ2n) is 3.57. The smallest absolute Gasteiger partial charge is 0.274 e. The van der Waals surface area contributed by atoms with Gasteiger partial charge >= 0.3 is 0 Å². The van der Waals surface area contributed by atoms with E-state index in [-0.39, 0.29) is 5.69 Å². The first-order valence-electron chi connectivity index (χ1n) is 4.92. The third-order valence-electron chi connectivity index (χ3n) is 2.33. The van der Waals surface area contributed by atoms with Gasteiger partial charge in [-0.1, -0.05) is 0 Å². The normalized spacial score (nSPS) is 10.4. The van der Waals surface area contributed by atoms with E-state index in [4.69, 9.17) is 0 Å². The van der Waals surface area contributed by atoms with Crippen molar-refractivity contribution < 1.29 is 18.0 Å². The Labute approximate surface area is 100 Å². The van der Waals surface area contributed by atoms with E-state index in [1.54, 1.807) is 7.05 Å². The number of imidazole rings is 1. The maximum absolute atomic E-state index is 13.3. The van der Waals surface area contributed by atoms with Crippen LogP contribution in [0.4, 0.5) is 18.9 Å². The second kappa shape index (κ2) is 4.52. The standard InChI is InChI=1S/C11H8F3N3O/c1-17-5-15-4-8(17)11(18)16-7-3-2-6(12)9(13)10(7)14/h2-5H,1H3,(H,16,18). The van der Waals surface area contributed by atoms with Crippen molar-refractivity contribution in [1.29, 1.82) is 0 Å². The zero-order valence-electron chi connectivity index (χ0n) is 9.25. The lowest BCUT2D eigenvalue weighted by molar-refractivity contribution is 0.101. The topological polar surface area (TPSA) is 46.9 Å². The molecule has 0 aliphatic carbocycles. The molecule has 2 aromatic rings. The molecule has 1 aromatic carbocycles. The van der Waals surface area contributed by atoms with Gasteiger partial charge in [0.05, 0.1) is 18.2 Å². The highest BCUT2D eigenvalue weighted by molar-refractivity contribution is 6.02. The fourth-order valence-corrected chi connectivity index (χ4v) is 1.38. The number of aromatic nitrogens is 2. The molecule has 2 rings (SSSR count). The van der Waals surface area contributed by atoms with Crippen molar-refractivity contribution >= 4 is 11.6 Å². The summed E-state index contributed by atoms with van der Waals surface area (Å²) in [6.07, 6.45) is 2.66. The van der Waals surface area contributed by atoms with Gasteiger partial charge in [-0.05, 0) is 12.1 Å². The van der Waals surface area contributed by atoms with Gasteiger partial charge in [0.1, 0.15) is 5.69 Å². The molecule has 0 unspecified atom stereocenters. The van der Waals surface area contributed by atoms with Crippen molar-refractivity contribution in [2.45, 2.75) is 0 Å². The van der Waals surface area contributed by atoms with Crippen molar-refractivity contribution in [2.75, 3.05) is 5.32 Å². The highest BCUT2D eigenvalue weighted by Gasteiger charge is 2.17. The van der Waals surface area contributed by atoms with Gasteiger partial charge in [0.2, 0.25) is 0 Å². The van der Waals surface area contributed by atoms with Crippen molar-refractivity contribution in [3.63, 3.8) is 0 Å². The molecule has 1 amide bonds.